The van der Waals surface area contributed by atoms with Crippen molar-refractivity contribution in [2.45, 2.75) is 18.5 Å². The lowest BCUT2D eigenvalue weighted by Gasteiger charge is -2.13. The Bertz CT molecular complexity index is 273. The Morgan fingerprint density at radius 3 is 2.41 bits per heavy atom. The van der Waals surface area contributed by atoms with Crippen LogP contribution in [0, 0.1) is 0 Å². The standard InChI is InChI=1S/C8H14F3N3O2S/c1-5(6(15)14-7(16)12-2)13-3-4-17-8(9,10)11/h5,13H,3-4H2,1-2H3,(H2,12,14,15,16). The summed E-state index contributed by atoms with van der Waals surface area (Å²) in [6, 6.07) is -1.39. The number of imide groups is 1. The van der Waals surface area contributed by atoms with Gasteiger partial charge in [0.15, 0.2) is 0 Å². The number of halogens is 3. The molecular weight excluding hydrogens is 259 g/mol. The zero-order valence-electron chi connectivity index (χ0n) is 9.35. The largest absolute Gasteiger partial charge is 0.441 e. The first-order valence-corrected chi connectivity index (χ1v) is 5.71. The maximum atomic E-state index is 11.8. The van der Waals surface area contributed by atoms with Gasteiger partial charge in [0.25, 0.3) is 0 Å². The molecule has 3 amide bonds. The second kappa shape index (κ2) is 7.38. The number of urea groups is 1. The molecule has 0 saturated carbocycles. The molecule has 5 nitrogen and oxygen atoms in total. The van der Waals surface area contributed by atoms with Crippen LogP contribution in [0.1, 0.15) is 6.92 Å². The second-order valence-electron chi connectivity index (χ2n) is 3.04. The van der Waals surface area contributed by atoms with Gasteiger partial charge in [-0.15, -0.1) is 0 Å². The first-order chi connectivity index (χ1) is 7.76. The van der Waals surface area contributed by atoms with Gasteiger partial charge in [-0.05, 0) is 18.7 Å². The summed E-state index contributed by atoms with van der Waals surface area (Å²) in [7, 11) is 1.35. The minimum Gasteiger partial charge on any atom is -0.341 e. The number of thioether (sulfide) groups is 1. The van der Waals surface area contributed by atoms with E-state index in [1.165, 1.54) is 14.0 Å². The third-order valence-electron chi connectivity index (χ3n) is 1.68. The highest BCUT2D eigenvalue weighted by Gasteiger charge is 2.27. The fraction of sp³-hybridized carbons (Fsp3) is 0.750. The van der Waals surface area contributed by atoms with Gasteiger partial charge in [0.2, 0.25) is 5.91 Å². The van der Waals surface area contributed by atoms with Gasteiger partial charge >= 0.3 is 11.5 Å². The molecule has 100 valence electrons. The minimum absolute atomic E-state index is 0.0203. The minimum atomic E-state index is -4.27. The predicted molar refractivity (Wildman–Crippen MR) is 58.6 cm³/mol. The monoisotopic (exact) mass is 273 g/mol. The maximum absolute atomic E-state index is 11.8. The van der Waals surface area contributed by atoms with Gasteiger partial charge in [-0.25, -0.2) is 4.79 Å². The average molecular weight is 273 g/mol. The van der Waals surface area contributed by atoms with Crippen molar-refractivity contribution >= 4 is 23.7 Å². The highest BCUT2D eigenvalue weighted by atomic mass is 32.2. The summed E-state index contributed by atoms with van der Waals surface area (Å²) >= 11 is -0.168. The van der Waals surface area contributed by atoms with Crippen LogP contribution in [0.15, 0.2) is 0 Å². The van der Waals surface area contributed by atoms with Gasteiger partial charge in [0.05, 0.1) is 6.04 Å². The van der Waals surface area contributed by atoms with Gasteiger partial charge < -0.3 is 10.6 Å². The number of carbonyl (C=O) groups excluding carboxylic acids is 2. The zero-order valence-corrected chi connectivity index (χ0v) is 10.2. The molecule has 0 bridgehead atoms. The lowest BCUT2D eigenvalue weighted by atomic mass is 10.3. The van der Waals surface area contributed by atoms with E-state index in [4.69, 9.17) is 0 Å². The lowest BCUT2D eigenvalue weighted by Crippen LogP contribution is -2.47. The molecule has 0 radical (unpaired) electrons. The first-order valence-electron chi connectivity index (χ1n) is 4.73. The maximum Gasteiger partial charge on any atom is 0.441 e. The number of rotatable bonds is 5. The highest BCUT2D eigenvalue weighted by Crippen LogP contribution is 2.29. The SMILES string of the molecule is CNC(=O)NC(=O)C(C)NCCSC(F)(F)F. The number of nitrogens with one attached hydrogen (secondary N) is 3. The fourth-order valence-electron chi connectivity index (χ4n) is 0.818. The van der Waals surface area contributed by atoms with Crippen molar-refractivity contribution in [1.82, 2.24) is 16.0 Å². The van der Waals surface area contributed by atoms with Crippen LogP contribution in [0.3, 0.4) is 0 Å². The van der Waals surface area contributed by atoms with Crippen LogP contribution in [0.25, 0.3) is 0 Å². The summed E-state index contributed by atoms with van der Waals surface area (Å²) < 4.78 is 35.3. The molecule has 3 N–H and O–H groups in total. The smallest absolute Gasteiger partial charge is 0.341 e. The quantitative estimate of drug-likeness (QED) is 0.644. The van der Waals surface area contributed by atoms with E-state index in [0.29, 0.717) is 0 Å². The second-order valence-corrected chi connectivity index (χ2v) is 4.20. The molecule has 1 atom stereocenters. The van der Waals surface area contributed by atoms with Gasteiger partial charge in [-0.1, -0.05) is 0 Å². The van der Waals surface area contributed by atoms with Crippen molar-refractivity contribution in [3.63, 3.8) is 0 Å². The summed E-state index contributed by atoms with van der Waals surface area (Å²) in [4.78, 5) is 22.0. The van der Waals surface area contributed by atoms with Crippen LogP contribution in [0.4, 0.5) is 18.0 Å². The normalized spacial score (nSPS) is 13.0. The lowest BCUT2D eigenvalue weighted by molar-refractivity contribution is -0.121. The highest BCUT2D eigenvalue weighted by molar-refractivity contribution is 8.00. The van der Waals surface area contributed by atoms with Crippen molar-refractivity contribution in [1.29, 1.82) is 0 Å². The van der Waals surface area contributed by atoms with E-state index < -0.39 is 23.5 Å². The van der Waals surface area contributed by atoms with Gasteiger partial charge in [0, 0.05) is 19.3 Å². The van der Waals surface area contributed by atoms with Crippen LogP contribution in [0.2, 0.25) is 0 Å². The Hall–Kier alpha value is -0.960. The van der Waals surface area contributed by atoms with Crippen molar-refractivity contribution in [2.24, 2.45) is 0 Å². The third kappa shape index (κ3) is 8.81. The van der Waals surface area contributed by atoms with Crippen LogP contribution in [0.5, 0.6) is 0 Å². The molecule has 0 rings (SSSR count). The molecule has 0 heterocycles. The summed E-state index contributed by atoms with van der Waals surface area (Å²) in [5.74, 6) is -0.789. The Balaban J connectivity index is 3.75. The average Bonchev–Trinajstić information content (AvgIpc) is 2.22. The van der Waals surface area contributed by atoms with E-state index in [2.05, 4.69) is 10.6 Å². The molecule has 0 aliphatic rings. The van der Waals surface area contributed by atoms with Crippen LogP contribution in [-0.2, 0) is 4.79 Å². The molecule has 0 aromatic rings. The fourth-order valence-corrected chi connectivity index (χ4v) is 1.27. The van der Waals surface area contributed by atoms with Gasteiger partial charge in [-0.3, -0.25) is 10.1 Å². The molecule has 0 aliphatic heterocycles. The molecule has 17 heavy (non-hydrogen) atoms. The molecule has 0 aromatic carbocycles. The number of alkyl halides is 3. The molecule has 0 saturated heterocycles. The van der Waals surface area contributed by atoms with Crippen molar-refractivity contribution in [3.05, 3.63) is 0 Å². The van der Waals surface area contributed by atoms with Crippen LogP contribution >= 0.6 is 11.8 Å². The molecule has 0 fully saturated rings. The summed E-state index contributed by atoms with van der Waals surface area (Å²) in [5.41, 5.74) is -4.27. The van der Waals surface area contributed by atoms with Crippen molar-refractivity contribution < 1.29 is 22.8 Å². The van der Waals surface area contributed by atoms with Gasteiger partial charge in [-0.2, -0.15) is 13.2 Å². The number of hydrogen-bond acceptors (Lipinski definition) is 4. The van der Waals surface area contributed by atoms with E-state index in [-0.39, 0.29) is 24.1 Å². The van der Waals surface area contributed by atoms with E-state index >= 15 is 0 Å². The zero-order chi connectivity index (χ0) is 13.5. The van der Waals surface area contributed by atoms with Crippen LogP contribution < -0.4 is 16.0 Å². The van der Waals surface area contributed by atoms with Crippen molar-refractivity contribution in [3.8, 4) is 0 Å². The molecule has 9 heteroatoms. The van der Waals surface area contributed by atoms with Crippen molar-refractivity contribution in [2.75, 3.05) is 19.3 Å². The topological polar surface area (TPSA) is 70.2 Å². The Morgan fingerprint density at radius 1 is 1.35 bits per heavy atom. The van der Waals surface area contributed by atoms with E-state index in [1.54, 1.807) is 0 Å². The summed E-state index contributed by atoms with van der Waals surface area (Å²) in [5, 5.41) is 6.76. The molecular formula is C8H14F3N3O2S. The summed E-state index contributed by atoms with van der Waals surface area (Å²) in [6.45, 7) is 1.48. The number of amides is 3. The Labute approximate surface area is 101 Å². The first kappa shape index (κ1) is 16.0. The van der Waals surface area contributed by atoms with E-state index in [9.17, 15) is 22.8 Å². The Kier molecular flexibility index (Phi) is 6.97. The van der Waals surface area contributed by atoms with Crippen LogP contribution in [-0.4, -0.2) is 42.8 Å². The van der Waals surface area contributed by atoms with Gasteiger partial charge in [0.1, 0.15) is 0 Å². The molecule has 0 aliphatic carbocycles. The molecule has 0 spiro atoms. The molecule has 0 aromatic heterocycles. The number of carbonyl (C=O) groups is 2. The van der Waals surface area contributed by atoms with E-state index in [0.717, 1.165) is 0 Å². The predicted octanol–water partition coefficient (Wildman–Crippen LogP) is 0.673. The summed E-state index contributed by atoms with van der Waals surface area (Å²) in [6.07, 6.45) is 0. The van der Waals surface area contributed by atoms with E-state index in [1.807, 2.05) is 5.32 Å². The Morgan fingerprint density at radius 2 is 1.94 bits per heavy atom. The third-order valence-corrected chi connectivity index (χ3v) is 2.41. The molecule has 1 unspecified atom stereocenters. The number of hydrogen-bond donors (Lipinski definition) is 3.